The molecule has 186 valence electrons. The maximum Gasteiger partial charge on any atom is 0.258 e. The van der Waals surface area contributed by atoms with Crippen LogP contribution in [-0.4, -0.2) is 38.6 Å². The lowest BCUT2D eigenvalue weighted by molar-refractivity contribution is -0.110. The Kier molecular flexibility index (Phi) is 6.80. The van der Waals surface area contributed by atoms with Crippen LogP contribution in [0.4, 0.5) is 17.1 Å². The number of hydrogen-bond acceptors (Lipinski definition) is 5. The quantitative estimate of drug-likeness (QED) is 0.397. The van der Waals surface area contributed by atoms with Crippen molar-refractivity contribution in [2.24, 2.45) is 0 Å². The number of piperidine rings is 1. The Morgan fingerprint density at radius 2 is 1.61 bits per heavy atom. The molecule has 1 amide bonds. The smallest absolute Gasteiger partial charge is 0.258 e. The number of fused-ring (bicyclic) bond motifs is 1. The summed E-state index contributed by atoms with van der Waals surface area (Å²) in [5, 5.41) is 6.37. The highest BCUT2D eigenvalue weighted by Crippen LogP contribution is 2.39. The molecule has 0 spiro atoms. The second kappa shape index (κ2) is 10.2. The van der Waals surface area contributed by atoms with Gasteiger partial charge in [0.05, 0.1) is 28.9 Å². The van der Waals surface area contributed by atoms with Crippen molar-refractivity contribution in [3.63, 3.8) is 0 Å². The van der Waals surface area contributed by atoms with Crippen molar-refractivity contribution in [2.75, 3.05) is 34.7 Å². The molecule has 7 nitrogen and oxygen atoms in total. The van der Waals surface area contributed by atoms with Crippen LogP contribution in [0.25, 0.3) is 11.3 Å². The maximum atomic E-state index is 13.2. The monoisotopic (exact) mass is 502 g/mol. The molecule has 0 radical (unpaired) electrons. The Morgan fingerprint density at radius 3 is 2.31 bits per heavy atom. The minimum absolute atomic E-state index is 0.241. The molecule has 0 aromatic heterocycles. The number of carbonyl (C=O) groups is 1. The Morgan fingerprint density at radius 1 is 0.917 bits per heavy atom. The van der Waals surface area contributed by atoms with E-state index in [1.807, 2.05) is 30.3 Å². The summed E-state index contributed by atoms with van der Waals surface area (Å²) < 4.78 is 25.7. The largest absolute Gasteiger partial charge is 0.354 e. The molecule has 8 heteroatoms. The molecule has 0 bridgehead atoms. The van der Waals surface area contributed by atoms with E-state index in [1.165, 1.54) is 24.8 Å². The van der Waals surface area contributed by atoms with Crippen LogP contribution in [0.3, 0.4) is 0 Å². The Labute approximate surface area is 212 Å². The molecule has 0 aliphatic carbocycles. The van der Waals surface area contributed by atoms with Gasteiger partial charge in [-0.25, -0.2) is 8.42 Å². The van der Waals surface area contributed by atoms with Gasteiger partial charge in [0.25, 0.3) is 5.91 Å². The maximum absolute atomic E-state index is 13.2. The standard InChI is InChI=1S/C28H30N4O3S/c1-36(34,35)31-23-14-15-24-25(18-23)30-28(33)26(24)27(21-8-4-2-5-9-21)29-22-12-10-20(11-13-22)19-32-16-6-3-7-17-32/h2,4-5,8-15,18,29,31H,3,6-7,16-17,19H2,1H3,(H,30,33). The predicted molar refractivity (Wildman–Crippen MR) is 146 cm³/mol. The van der Waals surface area contributed by atoms with E-state index in [9.17, 15) is 13.2 Å². The molecule has 3 aromatic rings. The summed E-state index contributed by atoms with van der Waals surface area (Å²) in [7, 11) is -3.42. The fourth-order valence-electron chi connectivity index (χ4n) is 4.80. The molecule has 2 heterocycles. The van der Waals surface area contributed by atoms with Crippen LogP contribution in [0.15, 0.2) is 72.8 Å². The summed E-state index contributed by atoms with van der Waals surface area (Å²) in [6, 6.07) is 23.2. The third-order valence-corrected chi connectivity index (χ3v) is 7.06. The molecule has 3 N–H and O–H groups in total. The molecule has 0 atom stereocenters. The van der Waals surface area contributed by atoms with Crippen molar-refractivity contribution < 1.29 is 13.2 Å². The molecular formula is C28H30N4O3S. The van der Waals surface area contributed by atoms with Gasteiger partial charge in [0.1, 0.15) is 0 Å². The minimum Gasteiger partial charge on any atom is -0.354 e. The van der Waals surface area contributed by atoms with Gasteiger partial charge >= 0.3 is 0 Å². The average molecular weight is 503 g/mol. The number of anilines is 3. The van der Waals surface area contributed by atoms with Gasteiger partial charge in [-0.1, -0.05) is 48.9 Å². The third kappa shape index (κ3) is 5.61. The van der Waals surface area contributed by atoms with Gasteiger partial charge in [-0.15, -0.1) is 0 Å². The highest BCUT2D eigenvalue weighted by molar-refractivity contribution is 7.92. The van der Waals surface area contributed by atoms with Crippen LogP contribution in [0.1, 0.15) is 36.0 Å². The number of nitrogens with zero attached hydrogens (tertiary/aromatic N) is 1. The molecule has 1 fully saturated rings. The first-order chi connectivity index (χ1) is 17.4. The second-order valence-corrected chi connectivity index (χ2v) is 11.1. The number of likely N-dealkylation sites (tertiary alicyclic amines) is 1. The van der Waals surface area contributed by atoms with Crippen LogP contribution < -0.4 is 15.4 Å². The fraction of sp³-hybridized carbons (Fsp3) is 0.250. The molecule has 5 rings (SSSR count). The number of amides is 1. The van der Waals surface area contributed by atoms with Gasteiger partial charge < -0.3 is 10.6 Å². The van der Waals surface area contributed by atoms with Crippen LogP contribution in [-0.2, 0) is 21.4 Å². The summed E-state index contributed by atoms with van der Waals surface area (Å²) in [5.74, 6) is -0.241. The van der Waals surface area contributed by atoms with E-state index in [0.29, 0.717) is 28.2 Å². The molecule has 0 unspecified atom stereocenters. The van der Waals surface area contributed by atoms with Crippen molar-refractivity contribution in [3.05, 3.63) is 89.5 Å². The van der Waals surface area contributed by atoms with Crippen molar-refractivity contribution in [1.29, 1.82) is 0 Å². The number of hydrogen-bond donors (Lipinski definition) is 3. The first kappa shape index (κ1) is 24.1. The number of carbonyl (C=O) groups excluding carboxylic acids is 1. The highest BCUT2D eigenvalue weighted by Gasteiger charge is 2.29. The molecule has 36 heavy (non-hydrogen) atoms. The van der Waals surface area contributed by atoms with E-state index in [0.717, 1.165) is 37.1 Å². The van der Waals surface area contributed by atoms with E-state index in [4.69, 9.17) is 0 Å². The molecule has 2 aliphatic rings. The molecular weight excluding hydrogens is 472 g/mol. The summed E-state index contributed by atoms with van der Waals surface area (Å²) in [5.41, 5.74) is 5.93. The first-order valence-electron chi connectivity index (χ1n) is 12.2. The molecule has 1 saturated heterocycles. The summed E-state index contributed by atoms with van der Waals surface area (Å²) in [6.45, 7) is 3.26. The molecule has 3 aromatic carbocycles. The van der Waals surface area contributed by atoms with Crippen LogP contribution >= 0.6 is 0 Å². The molecule has 0 saturated carbocycles. The van der Waals surface area contributed by atoms with E-state index in [2.05, 4.69) is 44.5 Å². The van der Waals surface area contributed by atoms with Crippen LogP contribution in [0.5, 0.6) is 0 Å². The van der Waals surface area contributed by atoms with E-state index >= 15 is 0 Å². The topological polar surface area (TPSA) is 90.5 Å². The Hall–Kier alpha value is -3.62. The van der Waals surface area contributed by atoms with Gasteiger partial charge in [0.2, 0.25) is 10.0 Å². The van der Waals surface area contributed by atoms with Gasteiger partial charge in [0, 0.05) is 17.8 Å². The fourth-order valence-corrected chi connectivity index (χ4v) is 5.35. The van der Waals surface area contributed by atoms with E-state index in [1.54, 1.807) is 18.2 Å². The zero-order chi connectivity index (χ0) is 25.1. The van der Waals surface area contributed by atoms with Gasteiger partial charge in [0.15, 0.2) is 0 Å². The van der Waals surface area contributed by atoms with E-state index in [-0.39, 0.29) is 5.91 Å². The average Bonchev–Trinajstić information content (AvgIpc) is 3.18. The summed E-state index contributed by atoms with van der Waals surface area (Å²) >= 11 is 0. The van der Waals surface area contributed by atoms with Crippen molar-refractivity contribution >= 4 is 44.3 Å². The van der Waals surface area contributed by atoms with Crippen LogP contribution in [0.2, 0.25) is 0 Å². The lowest BCUT2D eigenvalue weighted by Gasteiger charge is -2.26. The van der Waals surface area contributed by atoms with Crippen molar-refractivity contribution in [2.45, 2.75) is 25.8 Å². The zero-order valence-corrected chi connectivity index (χ0v) is 21.1. The van der Waals surface area contributed by atoms with Gasteiger partial charge in [-0.05, 0) is 67.4 Å². The Balaban J connectivity index is 1.47. The lowest BCUT2D eigenvalue weighted by atomic mass is 9.99. The zero-order valence-electron chi connectivity index (χ0n) is 20.3. The Bertz CT molecular complexity index is 1390. The van der Waals surface area contributed by atoms with Crippen molar-refractivity contribution in [3.8, 4) is 0 Å². The summed E-state index contributed by atoms with van der Waals surface area (Å²) in [4.78, 5) is 15.7. The number of nitrogens with one attached hydrogen (secondary N) is 3. The van der Waals surface area contributed by atoms with Gasteiger partial charge in [-0.3, -0.25) is 14.4 Å². The third-order valence-electron chi connectivity index (χ3n) is 6.46. The van der Waals surface area contributed by atoms with E-state index < -0.39 is 10.0 Å². The lowest BCUT2D eigenvalue weighted by Crippen LogP contribution is -2.29. The number of benzene rings is 3. The normalized spacial score (nSPS) is 17.3. The predicted octanol–water partition coefficient (Wildman–Crippen LogP) is 4.98. The first-order valence-corrected chi connectivity index (χ1v) is 14.1. The second-order valence-electron chi connectivity index (χ2n) is 9.36. The number of rotatable bonds is 7. The highest BCUT2D eigenvalue weighted by atomic mass is 32.2. The minimum atomic E-state index is -3.42. The molecule has 2 aliphatic heterocycles. The van der Waals surface area contributed by atoms with Gasteiger partial charge in [-0.2, -0.15) is 0 Å². The van der Waals surface area contributed by atoms with Crippen molar-refractivity contribution in [1.82, 2.24) is 4.90 Å². The summed E-state index contributed by atoms with van der Waals surface area (Å²) in [6.07, 6.45) is 4.95. The SMILES string of the molecule is CS(=O)(=O)Nc1ccc2c(c1)NC(=O)C2=C(Nc1ccc(CN2CCCCC2)cc1)c1ccccc1. The number of sulfonamides is 1. The van der Waals surface area contributed by atoms with Crippen LogP contribution in [0, 0.1) is 0 Å².